The van der Waals surface area contributed by atoms with Gasteiger partial charge in [-0.15, -0.1) is 11.3 Å². The number of nitrogens with zero attached hydrogens (tertiary/aromatic N) is 2. The van der Waals surface area contributed by atoms with Gasteiger partial charge in [0, 0.05) is 23.6 Å². The number of rotatable bonds is 7. The Labute approximate surface area is 171 Å². The molecule has 0 spiro atoms. The lowest BCUT2D eigenvalue weighted by atomic mass is 10.1. The molecule has 0 aliphatic rings. The Morgan fingerprint density at radius 1 is 1.00 bits per heavy atom. The van der Waals surface area contributed by atoms with Gasteiger partial charge in [-0.25, -0.2) is 13.8 Å². The summed E-state index contributed by atoms with van der Waals surface area (Å²) in [6.45, 7) is 2.73. The Morgan fingerprint density at radius 2 is 1.69 bits per heavy atom. The molecule has 0 saturated carbocycles. The van der Waals surface area contributed by atoms with Gasteiger partial charge in [0.05, 0.1) is 27.0 Å². The minimum atomic E-state index is -0.698. The summed E-state index contributed by atoms with van der Waals surface area (Å²) in [4.78, 5) is 5.03. The summed E-state index contributed by atoms with van der Waals surface area (Å²) in [7, 11) is 4.68. The zero-order chi connectivity index (χ0) is 21.0. The van der Waals surface area contributed by atoms with Crippen LogP contribution in [0.2, 0.25) is 0 Å². The quantitative estimate of drug-likeness (QED) is 0.530. The van der Waals surface area contributed by atoms with Crippen LogP contribution in [0.15, 0.2) is 40.7 Å². The maximum atomic E-state index is 14.1. The molecule has 154 valence electrons. The van der Waals surface area contributed by atoms with Gasteiger partial charge in [-0.3, -0.25) is 0 Å². The average Bonchev–Trinajstić information content (AvgIpc) is 3.11. The molecule has 0 atom stereocenters. The minimum absolute atomic E-state index is 0.0922. The maximum Gasteiger partial charge on any atom is 0.203 e. The molecule has 3 rings (SSSR count). The Morgan fingerprint density at radius 3 is 2.24 bits per heavy atom. The van der Waals surface area contributed by atoms with Gasteiger partial charge in [-0.05, 0) is 30.7 Å². The van der Waals surface area contributed by atoms with Crippen molar-refractivity contribution >= 4 is 17.0 Å². The van der Waals surface area contributed by atoms with Gasteiger partial charge in [0.25, 0.3) is 0 Å². The third kappa shape index (κ3) is 4.27. The first kappa shape index (κ1) is 20.9. The summed E-state index contributed by atoms with van der Waals surface area (Å²) in [5.41, 5.74) is 1.83. The third-order valence-corrected chi connectivity index (χ3v) is 5.19. The molecule has 0 bridgehead atoms. The summed E-state index contributed by atoms with van der Waals surface area (Å²) < 4.78 is 45.6. The first-order valence-corrected chi connectivity index (χ1v) is 9.88. The van der Waals surface area contributed by atoms with Gasteiger partial charge >= 0.3 is 0 Å². The lowest BCUT2D eigenvalue weighted by Crippen LogP contribution is -2.15. The molecule has 2 aromatic carbocycles. The van der Waals surface area contributed by atoms with Crippen LogP contribution in [0, 0.1) is 11.6 Å². The average molecular weight is 420 g/mol. The number of halogens is 2. The first-order chi connectivity index (χ1) is 14.0. The van der Waals surface area contributed by atoms with E-state index < -0.39 is 11.6 Å². The highest BCUT2D eigenvalue weighted by molar-refractivity contribution is 7.07. The smallest absolute Gasteiger partial charge is 0.203 e. The number of thiazole rings is 1. The number of methoxy groups -OCH3 is 3. The van der Waals surface area contributed by atoms with Crippen LogP contribution in [0.4, 0.5) is 14.5 Å². The van der Waals surface area contributed by atoms with Crippen LogP contribution in [-0.2, 0) is 6.54 Å². The monoisotopic (exact) mass is 420 g/mol. The van der Waals surface area contributed by atoms with Gasteiger partial charge in [0.2, 0.25) is 5.75 Å². The van der Waals surface area contributed by atoms with Crippen molar-refractivity contribution in [1.29, 1.82) is 0 Å². The summed E-state index contributed by atoms with van der Waals surface area (Å²) in [5.74, 6) is 0.260. The van der Waals surface area contributed by atoms with E-state index in [1.54, 1.807) is 21.3 Å². The van der Waals surface area contributed by atoms with Crippen LogP contribution < -0.4 is 19.0 Å². The zero-order valence-corrected chi connectivity index (χ0v) is 17.5. The molecule has 1 heterocycles. The van der Waals surface area contributed by atoms with Gasteiger partial charge < -0.3 is 18.8 Å². The molecule has 0 aliphatic carbocycles. The molecule has 0 aliphatic heterocycles. The number of benzene rings is 2. The topological polar surface area (TPSA) is 45.0 Å². The molecule has 0 saturated heterocycles. The van der Waals surface area contributed by atoms with Crippen molar-refractivity contribution in [3.63, 3.8) is 0 Å². The van der Waals surface area contributed by atoms with E-state index in [9.17, 15) is 8.78 Å². The van der Waals surface area contributed by atoms with E-state index in [2.05, 4.69) is 4.99 Å². The van der Waals surface area contributed by atoms with Crippen LogP contribution in [0.3, 0.4) is 0 Å². The number of ether oxygens (including phenoxy) is 3. The van der Waals surface area contributed by atoms with E-state index in [-0.39, 0.29) is 5.69 Å². The van der Waals surface area contributed by atoms with Crippen molar-refractivity contribution in [1.82, 2.24) is 4.57 Å². The molecule has 0 N–H and O–H groups in total. The van der Waals surface area contributed by atoms with E-state index in [4.69, 9.17) is 14.2 Å². The van der Waals surface area contributed by atoms with Crippen molar-refractivity contribution in [3.8, 4) is 28.5 Å². The normalized spacial score (nSPS) is 11.6. The zero-order valence-electron chi connectivity index (χ0n) is 16.7. The number of hydrogen-bond donors (Lipinski definition) is 0. The van der Waals surface area contributed by atoms with Crippen LogP contribution in [0.5, 0.6) is 17.2 Å². The van der Waals surface area contributed by atoms with Crippen molar-refractivity contribution < 1.29 is 23.0 Å². The second-order valence-electron chi connectivity index (χ2n) is 6.18. The van der Waals surface area contributed by atoms with E-state index in [1.165, 1.54) is 23.5 Å². The SMILES string of the molecule is CCCn1c(-c2cc(OC)c(OC)c(OC)c2)csc1=Nc1ccc(F)cc1F. The van der Waals surface area contributed by atoms with E-state index in [0.717, 1.165) is 23.7 Å². The Balaban J connectivity index is 2.18. The molecule has 8 heteroatoms. The van der Waals surface area contributed by atoms with Gasteiger partial charge in [-0.2, -0.15) is 0 Å². The fourth-order valence-corrected chi connectivity index (χ4v) is 3.94. The largest absolute Gasteiger partial charge is 0.493 e. The van der Waals surface area contributed by atoms with E-state index in [0.29, 0.717) is 28.6 Å². The molecule has 0 radical (unpaired) electrons. The molecule has 3 aromatic rings. The van der Waals surface area contributed by atoms with Gasteiger partial charge in [-0.1, -0.05) is 6.92 Å². The Kier molecular flexibility index (Phi) is 6.53. The number of aromatic nitrogens is 1. The minimum Gasteiger partial charge on any atom is -0.493 e. The third-order valence-electron chi connectivity index (χ3n) is 4.33. The van der Waals surface area contributed by atoms with Crippen molar-refractivity contribution in [2.24, 2.45) is 4.99 Å². The van der Waals surface area contributed by atoms with Crippen LogP contribution in [0.25, 0.3) is 11.3 Å². The van der Waals surface area contributed by atoms with Gasteiger partial charge in [0.1, 0.15) is 11.5 Å². The highest BCUT2D eigenvalue weighted by Crippen LogP contribution is 2.41. The van der Waals surface area contributed by atoms with Crippen LogP contribution >= 0.6 is 11.3 Å². The molecule has 0 unspecified atom stereocenters. The highest BCUT2D eigenvalue weighted by atomic mass is 32.1. The van der Waals surface area contributed by atoms with Gasteiger partial charge in [0.15, 0.2) is 22.1 Å². The van der Waals surface area contributed by atoms with E-state index >= 15 is 0 Å². The molecule has 0 amide bonds. The van der Waals surface area contributed by atoms with Crippen molar-refractivity contribution in [3.05, 3.63) is 52.1 Å². The summed E-state index contributed by atoms with van der Waals surface area (Å²) in [6, 6.07) is 7.08. The first-order valence-electron chi connectivity index (χ1n) is 9.00. The molecule has 5 nitrogen and oxygen atoms in total. The van der Waals surface area contributed by atoms with Crippen molar-refractivity contribution in [2.75, 3.05) is 21.3 Å². The predicted octanol–water partition coefficient (Wildman–Crippen LogP) is 5.16. The maximum absolute atomic E-state index is 14.1. The molecular formula is C21H22F2N2O3S. The highest BCUT2D eigenvalue weighted by Gasteiger charge is 2.17. The molecule has 0 fully saturated rings. The lowest BCUT2D eigenvalue weighted by molar-refractivity contribution is 0.324. The standard InChI is InChI=1S/C21H22F2N2O3S/c1-5-8-25-17(13-9-18(26-2)20(28-4)19(10-13)27-3)12-29-21(25)24-16-7-6-14(22)11-15(16)23/h6-7,9-12H,5,8H2,1-4H3. The lowest BCUT2D eigenvalue weighted by Gasteiger charge is -2.15. The second-order valence-corrected chi connectivity index (χ2v) is 7.01. The Hall–Kier alpha value is -2.87. The second kappa shape index (κ2) is 9.09. The predicted molar refractivity (Wildman–Crippen MR) is 109 cm³/mol. The molecule has 1 aromatic heterocycles. The van der Waals surface area contributed by atoms with Crippen LogP contribution in [-0.4, -0.2) is 25.9 Å². The van der Waals surface area contributed by atoms with E-state index in [1.807, 2.05) is 29.0 Å². The van der Waals surface area contributed by atoms with Crippen molar-refractivity contribution in [2.45, 2.75) is 19.9 Å². The summed E-state index contributed by atoms with van der Waals surface area (Å²) in [5, 5.41) is 1.94. The number of hydrogen-bond acceptors (Lipinski definition) is 5. The summed E-state index contributed by atoms with van der Waals surface area (Å²) in [6.07, 6.45) is 0.854. The fourth-order valence-electron chi connectivity index (χ4n) is 2.99. The Bertz CT molecular complexity index is 1050. The summed E-state index contributed by atoms with van der Waals surface area (Å²) >= 11 is 1.38. The van der Waals surface area contributed by atoms with Crippen LogP contribution in [0.1, 0.15) is 13.3 Å². The fraction of sp³-hybridized carbons (Fsp3) is 0.286. The molecular weight excluding hydrogens is 398 g/mol. The molecule has 29 heavy (non-hydrogen) atoms.